The number of rotatable bonds is 3. The van der Waals surface area contributed by atoms with Crippen LogP contribution in [0.15, 0.2) is 12.3 Å². The van der Waals surface area contributed by atoms with E-state index in [1.165, 1.54) is 0 Å². The first kappa shape index (κ1) is 11.6. The molecule has 3 aromatic heterocycles. The van der Waals surface area contributed by atoms with E-state index in [-0.39, 0.29) is 0 Å². The summed E-state index contributed by atoms with van der Waals surface area (Å²) in [6, 6.07) is 2.01. The normalized spacial score (nSPS) is 11.1. The Morgan fingerprint density at radius 2 is 2.16 bits per heavy atom. The first-order valence-corrected chi connectivity index (χ1v) is 6.17. The van der Waals surface area contributed by atoms with Crippen molar-refractivity contribution >= 4 is 17.0 Å². The van der Waals surface area contributed by atoms with Crippen molar-refractivity contribution in [2.24, 2.45) is 0 Å². The Kier molecular flexibility index (Phi) is 2.66. The van der Waals surface area contributed by atoms with Crippen LogP contribution in [-0.4, -0.2) is 36.5 Å². The number of hydrogen-bond donors (Lipinski definition) is 2. The quantitative estimate of drug-likeness (QED) is 0.744. The standard InChI is InChI=1S/C12H15N7/c1-4-13-12-15-10-9(6-14-17-10)11(16-12)19-8(3)5-7(2)18-19/h5-6H,4H2,1-3H3,(H2,13,14,15,16,17). The molecule has 0 unspecified atom stereocenters. The molecule has 3 aromatic rings. The van der Waals surface area contributed by atoms with Crippen LogP contribution in [0.4, 0.5) is 5.95 Å². The van der Waals surface area contributed by atoms with Gasteiger partial charge < -0.3 is 5.32 Å². The molecule has 0 aromatic carbocycles. The summed E-state index contributed by atoms with van der Waals surface area (Å²) in [6.45, 7) is 6.73. The summed E-state index contributed by atoms with van der Waals surface area (Å²) in [7, 11) is 0. The smallest absolute Gasteiger partial charge is 0.226 e. The van der Waals surface area contributed by atoms with Crippen LogP contribution in [0.1, 0.15) is 18.3 Å². The van der Waals surface area contributed by atoms with Crippen LogP contribution in [-0.2, 0) is 0 Å². The number of anilines is 1. The highest BCUT2D eigenvalue weighted by Crippen LogP contribution is 2.20. The van der Waals surface area contributed by atoms with Crippen molar-refractivity contribution in [1.82, 2.24) is 29.9 Å². The van der Waals surface area contributed by atoms with Gasteiger partial charge in [0.15, 0.2) is 11.5 Å². The lowest BCUT2D eigenvalue weighted by Crippen LogP contribution is -2.08. The first-order chi connectivity index (χ1) is 9.19. The average Bonchev–Trinajstić information content (AvgIpc) is 2.95. The van der Waals surface area contributed by atoms with Crippen LogP contribution in [0, 0.1) is 13.8 Å². The number of nitrogens with one attached hydrogen (secondary N) is 2. The molecule has 0 aliphatic carbocycles. The van der Waals surface area contributed by atoms with Crippen molar-refractivity contribution in [3.8, 4) is 5.82 Å². The Bertz CT molecular complexity index is 725. The lowest BCUT2D eigenvalue weighted by Gasteiger charge is -2.07. The minimum atomic E-state index is 0.571. The van der Waals surface area contributed by atoms with Crippen molar-refractivity contribution in [1.29, 1.82) is 0 Å². The van der Waals surface area contributed by atoms with Crippen molar-refractivity contribution in [3.63, 3.8) is 0 Å². The van der Waals surface area contributed by atoms with Crippen LogP contribution in [0.3, 0.4) is 0 Å². The third-order valence-corrected chi connectivity index (χ3v) is 2.83. The molecule has 0 fully saturated rings. The van der Waals surface area contributed by atoms with Crippen LogP contribution >= 0.6 is 0 Å². The third kappa shape index (κ3) is 1.92. The summed E-state index contributed by atoms with van der Waals surface area (Å²) >= 11 is 0. The lowest BCUT2D eigenvalue weighted by atomic mass is 10.3. The molecule has 98 valence electrons. The molecular formula is C12H15N7. The van der Waals surface area contributed by atoms with Crippen LogP contribution in [0.25, 0.3) is 16.9 Å². The van der Waals surface area contributed by atoms with E-state index in [1.807, 2.05) is 31.5 Å². The maximum atomic E-state index is 4.53. The Hall–Kier alpha value is -2.44. The minimum Gasteiger partial charge on any atom is -0.354 e. The zero-order chi connectivity index (χ0) is 13.4. The number of hydrogen-bond acceptors (Lipinski definition) is 5. The number of aromatic nitrogens is 6. The molecule has 0 radical (unpaired) electrons. The Morgan fingerprint density at radius 1 is 1.32 bits per heavy atom. The van der Waals surface area contributed by atoms with E-state index in [1.54, 1.807) is 6.20 Å². The Morgan fingerprint density at radius 3 is 2.84 bits per heavy atom. The van der Waals surface area contributed by atoms with Gasteiger partial charge in [0.1, 0.15) is 0 Å². The second-order valence-electron chi connectivity index (χ2n) is 4.37. The summed E-state index contributed by atoms with van der Waals surface area (Å²) < 4.78 is 1.82. The molecule has 7 heteroatoms. The molecule has 2 N–H and O–H groups in total. The average molecular weight is 257 g/mol. The van der Waals surface area contributed by atoms with Gasteiger partial charge in [0.05, 0.1) is 17.3 Å². The van der Waals surface area contributed by atoms with Gasteiger partial charge in [0.25, 0.3) is 0 Å². The zero-order valence-electron chi connectivity index (χ0n) is 11.1. The summed E-state index contributed by atoms with van der Waals surface area (Å²) in [6.07, 6.45) is 1.72. The lowest BCUT2D eigenvalue weighted by molar-refractivity contribution is 0.810. The molecule has 3 rings (SSSR count). The van der Waals surface area contributed by atoms with Crippen molar-refractivity contribution in [2.75, 3.05) is 11.9 Å². The van der Waals surface area contributed by atoms with Crippen LogP contribution in [0.2, 0.25) is 0 Å². The number of nitrogens with zero attached hydrogens (tertiary/aromatic N) is 5. The molecular weight excluding hydrogens is 242 g/mol. The summed E-state index contributed by atoms with van der Waals surface area (Å²) in [4.78, 5) is 8.89. The maximum absolute atomic E-state index is 4.53. The van der Waals surface area contributed by atoms with Gasteiger partial charge in [0.2, 0.25) is 5.95 Å². The monoisotopic (exact) mass is 257 g/mol. The fourth-order valence-corrected chi connectivity index (χ4v) is 2.06. The molecule has 0 saturated heterocycles. The molecule has 0 spiro atoms. The van der Waals surface area contributed by atoms with Gasteiger partial charge in [-0.25, -0.2) is 4.68 Å². The predicted molar refractivity (Wildman–Crippen MR) is 72.4 cm³/mol. The first-order valence-electron chi connectivity index (χ1n) is 6.17. The van der Waals surface area contributed by atoms with Gasteiger partial charge >= 0.3 is 0 Å². The van der Waals surface area contributed by atoms with Gasteiger partial charge in [-0.3, -0.25) is 5.10 Å². The van der Waals surface area contributed by atoms with E-state index in [0.717, 1.165) is 29.1 Å². The van der Waals surface area contributed by atoms with Gasteiger partial charge in [-0.15, -0.1) is 0 Å². The topological polar surface area (TPSA) is 84.3 Å². The summed E-state index contributed by atoms with van der Waals surface area (Å²) in [5.74, 6) is 1.31. The molecule has 0 aliphatic heterocycles. The third-order valence-electron chi connectivity index (χ3n) is 2.83. The molecule has 0 amide bonds. The van der Waals surface area contributed by atoms with Crippen LogP contribution < -0.4 is 5.32 Å². The van der Waals surface area contributed by atoms with Crippen LogP contribution in [0.5, 0.6) is 0 Å². The fourth-order valence-electron chi connectivity index (χ4n) is 2.06. The van der Waals surface area contributed by atoms with Gasteiger partial charge in [-0.05, 0) is 26.8 Å². The van der Waals surface area contributed by atoms with E-state index >= 15 is 0 Å². The highest BCUT2D eigenvalue weighted by molar-refractivity contribution is 5.82. The fraction of sp³-hybridized carbons (Fsp3) is 0.333. The highest BCUT2D eigenvalue weighted by atomic mass is 15.3. The number of H-pyrrole nitrogens is 1. The molecule has 0 atom stereocenters. The summed E-state index contributed by atoms with van der Waals surface area (Å²) in [5, 5.41) is 15.3. The SMILES string of the molecule is CCNc1nc(-n2nc(C)cc2C)c2cn[nH]c2n1. The van der Waals surface area contributed by atoms with Gasteiger partial charge in [0, 0.05) is 12.2 Å². The number of aromatic amines is 1. The summed E-state index contributed by atoms with van der Waals surface area (Å²) in [5.41, 5.74) is 2.69. The van der Waals surface area contributed by atoms with Crippen molar-refractivity contribution in [3.05, 3.63) is 23.7 Å². The van der Waals surface area contributed by atoms with Gasteiger partial charge in [-0.2, -0.15) is 20.2 Å². The van der Waals surface area contributed by atoms with Gasteiger partial charge in [-0.1, -0.05) is 0 Å². The molecule has 19 heavy (non-hydrogen) atoms. The van der Waals surface area contributed by atoms with E-state index in [0.29, 0.717) is 11.6 Å². The van der Waals surface area contributed by atoms with E-state index < -0.39 is 0 Å². The molecule has 0 saturated carbocycles. The minimum absolute atomic E-state index is 0.571. The second kappa shape index (κ2) is 4.34. The number of aryl methyl sites for hydroxylation is 2. The second-order valence-corrected chi connectivity index (χ2v) is 4.37. The van der Waals surface area contributed by atoms with Crippen molar-refractivity contribution in [2.45, 2.75) is 20.8 Å². The molecule has 0 aliphatic rings. The van der Waals surface area contributed by atoms with E-state index in [4.69, 9.17) is 0 Å². The largest absolute Gasteiger partial charge is 0.354 e. The Balaban J connectivity index is 2.26. The number of fused-ring (bicyclic) bond motifs is 1. The zero-order valence-corrected chi connectivity index (χ0v) is 11.1. The van der Waals surface area contributed by atoms with E-state index in [2.05, 4.69) is 30.6 Å². The van der Waals surface area contributed by atoms with E-state index in [9.17, 15) is 0 Å². The maximum Gasteiger partial charge on any atom is 0.226 e. The molecule has 0 bridgehead atoms. The molecule has 3 heterocycles. The molecule has 7 nitrogen and oxygen atoms in total. The Labute approximate surface area is 110 Å². The van der Waals surface area contributed by atoms with Crippen molar-refractivity contribution < 1.29 is 0 Å². The predicted octanol–water partition coefficient (Wildman–Crippen LogP) is 1.59. The highest BCUT2D eigenvalue weighted by Gasteiger charge is 2.13.